The molecule has 112 valence electrons. The summed E-state index contributed by atoms with van der Waals surface area (Å²) in [5.41, 5.74) is 5.85. The number of hydrazine groups is 1. The Balaban J connectivity index is 2.19. The van der Waals surface area contributed by atoms with Crippen molar-refractivity contribution in [2.45, 2.75) is 49.7 Å². The SMILES string of the molecule is CCCc1cccc(C(NN)C2SCCSC2CC)c1. The fraction of sp³-hybridized carbons (Fsp3) is 0.625. The van der Waals surface area contributed by atoms with Crippen LogP contribution in [0.3, 0.4) is 0 Å². The summed E-state index contributed by atoms with van der Waals surface area (Å²) in [4.78, 5) is 0. The van der Waals surface area contributed by atoms with E-state index in [1.807, 2.05) is 0 Å². The van der Waals surface area contributed by atoms with E-state index in [1.165, 1.54) is 35.5 Å². The Morgan fingerprint density at radius 1 is 1.30 bits per heavy atom. The first-order valence-electron chi connectivity index (χ1n) is 7.58. The summed E-state index contributed by atoms with van der Waals surface area (Å²) in [6, 6.07) is 9.21. The van der Waals surface area contributed by atoms with Gasteiger partial charge in [-0.05, 0) is 24.0 Å². The third-order valence-corrected chi connectivity index (χ3v) is 7.20. The lowest BCUT2D eigenvalue weighted by Gasteiger charge is -2.36. The van der Waals surface area contributed by atoms with Crippen molar-refractivity contribution in [1.82, 2.24) is 5.43 Å². The molecule has 3 atom stereocenters. The Morgan fingerprint density at radius 3 is 2.80 bits per heavy atom. The summed E-state index contributed by atoms with van der Waals surface area (Å²) in [6.45, 7) is 4.52. The maximum absolute atomic E-state index is 5.90. The summed E-state index contributed by atoms with van der Waals surface area (Å²) in [5.74, 6) is 8.41. The van der Waals surface area contributed by atoms with Crippen LogP contribution in [-0.2, 0) is 6.42 Å². The number of nitrogens with one attached hydrogen (secondary N) is 1. The number of thioether (sulfide) groups is 2. The standard InChI is InChI=1S/C16H26N2S2/c1-3-6-12-7-5-8-13(11-12)15(18-17)16-14(4-2)19-9-10-20-16/h5,7-8,11,14-16,18H,3-4,6,9-10,17H2,1-2H3. The normalized spacial score (nSPS) is 24.6. The van der Waals surface area contributed by atoms with Crippen molar-refractivity contribution < 1.29 is 0 Å². The molecule has 0 amide bonds. The summed E-state index contributed by atoms with van der Waals surface area (Å²) in [6.07, 6.45) is 3.56. The zero-order chi connectivity index (χ0) is 14.4. The fourth-order valence-corrected chi connectivity index (χ4v) is 6.09. The highest BCUT2D eigenvalue weighted by molar-refractivity contribution is 8.07. The van der Waals surface area contributed by atoms with Crippen LogP contribution in [0, 0.1) is 0 Å². The number of hydrogen-bond acceptors (Lipinski definition) is 4. The summed E-state index contributed by atoms with van der Waals surface area (Å²) in [7, 11) is 0. The van der Waals surface area contributed by atoms with Gasteiger partial charge in [0.1, 0.15) is 0 Å². The maximum Gasteiger partial charge on any atom is 0.0589 e. The molecule has 1 saturated heterocycles. The van der Waals surface area contributed by atoms with Crippen LogP contribution < -0.4 is 11.3 Å². The van der Waals surface area contributed by atoms with Crippen LogP contribution in [0.4, 0.5) is 0 Å². The average molecular weight is 311 g/mol. The van der Waals surface area contributed by atoms with Gasteiger partial charge in [0.25, 0.3) is 0 Å². The van der Waals surface area contributed by atoms with Crippen molar-refractivity contribution in [3.63, 3.8) is 0 Å². The molecule has 0 saturated carbocycles. The summed E-state index contributed by atoms with van der Waals surface area (Å²) in [5, 5.41) is 1.27. The largest absolute Gasteiger partial charge is 0.271 e. The van der Waals surface area contributed by atoms with Crippen molar-refractivity contribution in [2.24, 2.45) is 5.84 Å². The number of benzene rings is 1. The van der Waals surface area contributed by atoms with Gasteiger partial charge in [-0.2, -0.15) is 23.5 Å². The second-order valence-electron chi connectivity index (χ2n) is 5.29. The lowest BCUT2D eigenvalue weighted by atomic mass is 9.97. The molecule has 0 aliphatic carbocycles. The molecule has 1 fully saturated rings. The molecule has 1 heterocycles. The van der Waals surface area contributed by atoms with E-state index in [2.05, 4.69) is 67.1 Å². The minimum absolute atomic E-state index is 0.259. The Bertz CT molecular complexity index is 411. The quantitative estimate of drug-likeness (QED) is 0.619. The third-order valence-electron chi connectivity index (χ3n) is 3.85. The first-order chi connectivity index (χ1) is 9.80. The molecule has 2 nitrogen and oxygen atoms in total. The number of hydrogen-bond donors (Lipinski definition) is 2. The second-order valence-corrected chi connectivity index (χ2v) is 7.93. The molecule has 4 heteroatoms. The first-order valence-corrected chi connectivity index (χ1v) is 9.68. The Labute approximate surface area is 131 Å². The predicted octanol–water partition coefficient (Wildman–Crippen LogP) is 3.77. The van der Waals surface area contributed by atoms with Gasteiger partial charge in [-0.3, -0.25) is 11.3 Å². The van der Waals surface area contributed by atoms with Gasteiger partial charge in [-0.1, -0.05) is 44.5 Å². The van der Waals surface area contributed by atoms with Gasteiger partial charge in [0.05, 0.1) is 6.04 Å². The zero-order valence-electron chi connectivity index (χ0n) is 12.5. The minimum Gasteiger partial charge on any atom is -0.271 e. The van der Waals surface area contributed by atoms with Crippen molar-refractivity contribution in [2.75, 3.05) is 11.5 Å². The van der Waals surface area contributed by atoms with Crippen LogP contribution in [-0.4, -0.2) is 22.0 Å². The van der Waals surface area contributed by atoms with E-state index in [1.54, 1.807) is 0 Å². The number of nitrogens with two attached hydrogens (primary N) is 1. The average Bonchev–Trinajstić information content (AvgIpc) is 2.49. The van der Waals surface area contributed by atoms with E-state index in [0.29, 0.717) is 10.5 Å². The van der Waals surface area contributed by atoms with E-state index >= 15 is 0 Å². The zero-order valence-corrected chi connectivity index (χ0v) is 14.1. The maximum atomic E-state index is 5.90. The second kappa shape index (κ2) is 8.32. The molecule has 1 aromatic rings. The molecule has 0 radical (unpaired) electrons. The molecule has 1 aliphatic rings. The molecular weight excluding hydrogens is 284 g/mol. The van der Waals surface area contributed by atoms with Gasteiger partial charge < -0.3 is 0 Å². The third kappa shape index (κ3) is 3.94. The van der Waals surface area contributed by atoms with Gasteiger partial charge in [-0.25, -0.2) is 0 Å². The van der Waals surface area contributed by atoms with Gasteiger partial charge in [0.2, 0.25) is 0 Å². The van der Waals surface area contributed by atoms with Crippen molar-refractivity contribution in [3.05, 3.63) is 35.4 Å². The lowest BCUT2D eigenvalue weighted by Crippen LogP contribution is -2.41. The molecule has 0 aromatic heterocycles. The van der Waals surface area contributed by atoms with Crippen LogP contribution >= 0.6 is 23.5 Å². The molecule has 0 spiro atoms. The van der Waals surface area contributed by atoms with E-state index in [4.69, 9.17) is 5.84 Å². The van der Waals surface area contributed by atoms with Crippen molar-refractivity contribution in [1.29, 1.82) is 0 Å². The van der Waals surface area contributed by atoms with Crippen LogP contribution in [0.15, 0.2) is 24.3 Å². The highest BCUT2D eigenvalue weighted by atomic mass is 32.2. The Kier molecular flexibility index (Phi) is 6.75. The molecule has 20 heavy (non-hydrogen) atoms. The topological polar surface area (TPSA) is 38.0 Å². The summed E-state index contributed by atoms with van der Waals surface area (Å²) >= 11 is 4.19. The van der Waals surface area contributed by atoms with Crippen LogP contribution in [0.1, 0.15) is 43.9 Å². The molecule has 2 rings (SSSR count). The molecule has 1 aromatic carbocycles. The van der Waals surface area contributed by atoms with E-state index < -0.39 is 0 Å². The minimum atomic E-state index is 0.259. The molecule has 0 bridgehead atoms. The van der Waals surface area contributed by atoms with Gasteiger partial charge in [0.15, 0.2) is 0 Å². The molecule has 3 N–H and O–H groups in total. The fourth-order valence-electron chi connectivity index (χ4n) is 2.86. The predicted molar refractivity (Wildman–Crippen MR) is 93.3 cm³/mol. The highest BCUT2D eigenvalue weighted by Gasteiger charge is 2.32. The Morgan fingerprint density at radius 2 is 2.10 bits per heavy atom. The number of rotatable bonds is 6. The highest BCUT2D eigenvalue weighted by Crippen LogP contribution is 2.40. The lowest BCUT2D eigenvalue weighted by molar-refractivity contribution is 0.513. The molecule has 1 aliphatic heterocycles. The monoisotopic (exact) mass is 310 g/mol. The van der Waals surface area contributed by atoms with Gasteiger partial charge in [0, 0.05) is 22.0 Å². The van der Waals surface area contributed by atoms with Crippen molar-refractivity contribution >= 4 is 23.5 Å². The molecular formula is C16H26N2S2. The van der Waals surface area contributed by atoms with Crippen molar-refractivity contribution in [3.8, 4) is 0 Å². The van der Waals surface area contributed by atoms with E-state index in [9.17, 15) is 0 Å². The van der Waals surface area contributed by atoms with Crippen LogP contribution in [0.2, 0.25) is 0 Å². The van der Waals surface area contributed by atoms with Gasteiger partial charge >= 0.3 is 0 Å². The number of aryl methyl sites for hydroxylation is 1. The smallest absolute Gasteiger partial charge is 0.0589 e. The van der Waals surface area contributed by atoms with E-state index in [-0.39, 0.29) is 6.04 Å². The van der Waals surface area contributed by atoms with E-state index in [0.717, 1.165) is 6.42 Å². The van der Waals surface area contributed by atoms with Crippen LogP contribution in [0.25, 0.3) is 0 Å². The molecule has 3 unspecified atom stereocenters. The van der Waals surface area contributed by atoms with Crippen LogP contribution in [0.5, 0.6) is 0 Å². The summed E-state index contributed by atoms with van der Waals surface area (Å²) < 4.78 is 0. The van der Waals surface area contributed by atoms with Gasteiger partial charge in [-0.15, -0.1) is 0 Å². The first kappa shape index (κ1) is 16.2. The Hall–Kier alpha value is -0.160.